The Labute approximate surface area is 178 Å². The molecule has 0 amide bonds. The molecule has 0 spiro atoms. The summed E-state index contributed by atoms with van der Waals surface area (Å²) in [6, 6.07) is 0. The van der Waals surface area contributed by atoms with Crippen molar-refractivity contribution < 1.29 is 28.8 Å². The average Bonchev–Trinajstić information content (AvgIpc) is 2.67. The smallest absolute Gasteiger partial charge is 0.0974 e. The van der Waals surface area contributed by atoms with Crippen LogP contribution in [0.2, 0.25) is 0 Å². The second-order valence-corrected chi connectivity index (χ2v) is 9.42. The van der Waals surface area contributed by atoms with E-state index in [2.05, 4.69) is 20.8 Å². The van der Waals surface area contributed by atoms with E-state index in [1.54, 1.807) is 6.92 Å². The quantitative estimate of drug-likeness (QED) is 0.310. The van der Waals surface area contributed by atoms with Gasteiger partial charge in [-0.25, -0.2) is 4.39 Å². The van der Waals surface area contributed by atoms with Crippen LogP contribution in [-0.4, -0.2) is 65.7 Å². The number of rotatable bonds is 18. The van der Waals surface area contributed by atoms with Gasteiger partial charge in [-0.1, -0.05) is 13.8 Å². The Hall–Kier alpha value is -0.270. The second-order valence-electron chi connectivity index (χ2n) is 9.42. The zero-order valence-electron chi connectivity index (χ0n) is 19.9. The van der Waals surface area contributed by atoms with Crippen LogP contribution in [0, 0.1) is 0 Å². The van der Waals surface area contributed by atoms with E-state index in [0.29, 0.717) is 32.5 Å². The SMILES string of the molecule is CCC(C)(CO)OCC(O)CC(C)(CC)OCCCC(C)(C)OCCCC(C)F. The zero-order chi connectivity index (χ0) is 22.6. The van der Waals surface area contributed by atoms with Crippen molar-refractivity contribution in [2.24, 2.45) is 0 Å². The molecule has 0 aliphatic carbocycles. The minimum absolute atomic E-state index is 0.0670. The Morgan fingerprint density at radius 2 is 1.48 bits per heavy atom. The van der Waals surface area contributed by atoms with E-state index in [-0.39, 0.29) is 18.8 Å². The Balaban J connectivity index is 4.25. The molecule has 0 heterocycles. The Morgan fingerprint density at radius 3 is 2.00 bits per heavy atom. The van der Waals surface area contributed by atoms with Gasteiger partial charge in [0.2, 0.25) is 0 Å². The molecule has 0 saturated carbocycles. The summed E-state index contributed by atoms with van der Waals surface area (Å²) in [6.07, 6.45) is 3.52. The molecule has 0 rings (SSSR count). The van der Waals surface area contributed by atoms with Crippen molar-refractivity contribution in [2.45, 2.75) is 122 Å². The molecular formula is C23H47FO5. The first-order chi connectivity index (χ1) is 13.4. The molecule has 4 atom stereocenters. The summed E-state index contributed by atoms with van der Waals surface area (Å²) >= 11 is 0. The van der Waals surface area contributed by atoms with Gasteiger partial charge in [-0.15, -0.1) is 0 Å². The van der Waals surface area contributed by atoms with E-state index in [9.17, 15) is 14.6 Å². The second kappa shape index (κ2) is 13.9. The zero-order valence-corrected chi connectivity index (χ0v) is 19.9. The highest BCUT2D eigenvalue weighted by atomic mass is 19.1. The summed E-state index contributed by atoms with van der Waals surface area (Å²) in [5, 5.41) is 19.8. The van der Waals surface area contributed by atoms with Gasteiger partial charge in [0.15, 0.2) is 0 Å². The molecule has 0 aromatic rings. The van der Waals surface area contributed by atoms with Gasteiger partial charge in [0.05, 0.1) is 42.3 Å². The highest BCUT2D eigenvalue weighted by Gasteiger charge is 2.29. The van der Waals surface area contributed by atoms with Crippen molar-refractivity contribution in [2.75, 3.05) is 26.4 Å². The summed E-state index contributed by atoms with van der Waals surface area (Å²) in [4.78, 5) is 0. The molecule has 0 bridgehead atoms. The van der Waals surface area contributed by atoms with Gasteiger partial charge >= 0.3 is 0 Å². The molecule has 0 saturated heterocycles. The van der Waals surface area contributed by atoms with Crippen LogP contribution in [0.4, 0.5) is 4.39 Å². The molecule has 5 nitrogen and oxygen atoms in total. The van der Waals surface area contributed by atoms with Gasteiger partial charge in [-0.05, 0) is 73.1 Å². The van der Waals surface area contributed by atoms with Gasteiger partial charge in [-0.2, -0.15) is 0 Å². The summed E-state index contributed by atoms with van der Waals surface area (Å²) in [5.74, 6) is 0. The maximum absolute atomic E-state index is 12.8. The highest BCUT2D eigenvalue weighted by molar-refractivity contribution is 4.80. The van der Waals surface area contributed by atoms with Gasteiger partial charge in [0.1, 0.15) is 0 Å². The lowest BCUT2D eigenvalue weighted by molar-refractivity contribution is -0.121. The van der Waals surface area contributed by atoms with Gasteiger partial charge in [0, 0.05) is 19.6 Å². The summed E-state index contributed by atoms with van der Waals surface area (Å²) < 4.78 is 30.6. The Kier molecular flexibility index (Phi) is 13.8. The Morgan fingerprint density at radius 1 is 0.897 bits per heavy atom. The number of aliphatic hydroxyl groups is 2. The average molecular weight is 423 g/mol. The van der Waals surface area contributed by atoms with Gasteiger partial charge in [-0.3, -0.25) is 0 Å². The number of halogens is 1. The maximum Gasteiger partial charge on any atom is 0.0974 e. The van der Waals surface area contributed by atoms with E-state index in [1.807, 2.05) is 20.8 Å². The summed E-state index contributed by atoms with van der Waals surface area (Å²) in [6.45, 7) is 14.8. The molecule has 0 aliphatic rings. The molecule has 0 aromatic heterocycles. The topological polar surface area (TPSA) is 68.2 Å². The van der Waals surface area contributed by atoms with Crippen LogP contribution >= 0.6 is 0 Å². The van der Waals surface area contributed by atoms with E-state index in [4.69, 9.17) is 14.2 Å². The van der Waals surface area contributed by atoms with Crippen molar-refractivity contribution in [1.29, 1.82) is 0 Å². The minimum atomic E-state index is -0.776. The predicted molar refractivity (Wildman–Crippen MR) is 116 cm³/mol. The fraction of sp³-hybridized carbons (Fsp3) is 1.00. The van der Waals surface area contributed by atoms with Crippen molar-refractivity contribution >= 4 is 0 Å². The molecular weight excluding hydrogens is 375 g/mol. The van der Waals surface area contributed by atoms with Crippen molar-refractivity contribution in [3.63, 3.8) is 0 Å². The molecule has 176 valence electrons. The van der Waals surface area contributed by atoms with Crippen molar-refractivity contribution in [3.05, 3.63) is 0 Å². The number of ether oxygens (including phenoxy) is 3. The fourth-order valence-corrected chi connectivity index (χ4v) is 3.02. The van der Waals surface area contributed by atoms with E-state index >= 15 is 0 Å². The third-order valence-corrected chi connectivity index (χ3v) is 5.73. The van der Waals surface area contributed by atoms with Crippen LogP contribution < -0.4 is 0 Å². The normalized spacial score (nSPS) is 18.8. The number of aliphatic hydroxyl groups excluding tert-OH is 2. The third kappa shape index (κ3) is 13.6. The molecule has 6 heteroatoms. The summed E-state index contributed by atoms with van der Waals surface area (Å²) in [7, 11) is 0. The Bertz CT molecular complexity index is 412. The molecule has 0 aromatic carbocycles. The lowest BCUT2D eigenvalue weighted by atomic mass is 9.95. The van der Waals surface area contributed by atoms with Crippen LogP contribution in [0.5, 0.6) is 0 Å². The first kappa shape index (κ1) is 28.7. The van der Waals surface area contributed by atoms with Crippen LogP contribution in [0.15, 0.2) is 0 Å². The lowest BCUT2D eigenvalue weighted by Crippen LogP contribution is -2.39. The van der Waals surface area contributed by atoms with E-state index in [0.717, 1.165) is 25.7 Å². The molecule has 29 heavy (non-hydrogen) atoms. The highest BCUT2D eigenvalue weighted by Crippen LogP contribution is 2.25. The van der Waals surface area contributed by atoms with Crippen LogP contribution in [-0.2, 0) is 14.2 Å². The van der Waals surface area contributed by atoms with Crippen LogP contribution in [0.1, 0.15) is 93.4 Å². The van der Waals surface area contributed by atoms with Crippen molar-refractivity contribution in [1.82, 2.24) is 0 Å². The lowest BCUT2D eigenvalue weighted by Gasteiger charge is -2.33. The number of hydrogen-bond acceptors (Lipinski definition) is 5. The van der Waals surface area contributed by atoms with E-state index in [1.165, 1.54) is 0 Å². The van der Waals surface area contributed by atoms with Gasteiger partial charge in [0.25, 0.3) is 0 Å². The first-order valence-corrected chi connectivity index (χ1v) is 11.3. The third-order valence-electron chi connectivity index (χ3n) is 5.73. The number of hydrogen-bond donors (Lipinski definition) is 2. The molecule has 0 aliphatic heterocycles. The van der Waals surface area contributed by atoms with Crippen molar-refractivity contribution in [3.8, 4) is 0 Å². The standard InChI is InChI=1S/C23H47FO5/c1-8-22(6,16-20(26)17-29-23(7,9-2)18-25)28-15-11-13-21(4,5)27-14-10-12-19(3)24/h19-20,25-26H,8-18H2,1-7H3. The molecule has 4 unspecified atom stereocenters. The minimum Gasteiger partial charge on any atom is -0.393 e. The largest absolute Gasteiger partial charge is 0.393 e. The maximum atomic E-state index is 12.8. The summed E-state index contributed by atoms with van der Waals surface area (Å²) in [5.41, 5.74) is -1.29. The van der Waals surface area contributed by atoms with Gasteiger partial charge < -0.3 is 24.4 Å². The van der Waals surface area contributed by atoms with Crippen LogP contribution in [0.25, 0.3) is 0 Å². The fourth-order valence-electron chi connectivity index (χ4n) is 3.02. The first-order valence-electron chi connectivity index (χ1n) is 11.3. The van der Waals surface area contributed by atoms with E-state index < -0.39 is 23.5 Å². The molecule has 2 N–H and O–H groups in total. The molecule has 0 radical (unpaired) electrons. The monoisotopic (exact) mass is 422 g/mol. The number of alkyl halides is 1. The predicted octanol–water partition coefficient (Wildman–Crippen LogP) is 4.81. The molecule has 0 fully saturated rings. The van der Waals surface area contributed by atoms with Crippen LogP contribution in [0.3, 0.4) is 0 Å².